The third-order valence-corrected chi connectivity index (χ3v) is 6.78. The molecule has 0 atom stereocenters. The van der Waals surface area contributed by atoms with Crippen molar-refractivity contribution < 1.29 is 32.2 Å². The summed E-state index contributed by atoms with van der Waals surface area (Å²) in [7, 11) is 2.76. The molecule has 0 saturated heterocycles. The number of ether oxygens (including phenoxy) is 2. The molecule has 0 unspecified atom stereocenters. The number of benzene rings is 3. The molecule has 0 bridgehead atoms. The summed E-state index contributed by atoms with van der Waals surface area (Å²) >= 11 is 0. The van der Waals surface area contributed by atoms with Gasteiger partial charge in [-0.15, -0.1) is 0 Å². The van der Waals surface area contributed by atoms with Crippen molar-refractivity contribution in [3.8, 4) is 16.9 Å². The highest BCUT2D eigenvalue weighted by molar-refractivity contribution is 5.79. The molecule has 1 aliphatic rings. The number of carbonyl (C=O) groups is 2. The fourth-order valence-corrected chi connectivity index (χ4v) is 4.92. The number of amides is 1. The molecule has 0 aromatic heterocycles. The Kier molecular flexibility index (Phi) is 7.57. The van der Waals surface area contributed by atoms with Crippen LogP contribution in [-0.2, 0) is 46.3 Å². The molecule has 0 heterocycles. The first-order valence-corrected chi connectivity index (χ1v) is 11.9. The molecule has 37 heavy (non-hydrogen) atoms. The van der Waals surface area contributed by atoms with E-state index in [4.69, 9.17) is 9.47 Å². The Labute approximate surface area is 213 Å². The smallest absolute Gasteiger partial charge is 0.416 e. The summed E-state index contributed by atoms with van der Waals surface area (Å²) in [5, 5.41) is 0. The molecule has 8 heteroatoms. The number of hydrogen-bond acceptors (Lipinski definition) is 4. The molecule has 0 N–H and O–H groups in total. The van der Waals surface area contributed by atoms with E-state index < -0.39 is 17.7 Å². The van der Waals surface area contributed by atoms with Crippen molar-refractivity contribution in [1.29, 1.82) is 0 Å². The highest BCUT2D eigenvalue weighted by Crippen LogP contribution is 2.38. The summed E-state index contributed by atoms with van der Waals surface area (Å²) in [6.45, 7) is 1.44. The summed E-state index contributed by atoms with van der Waals surface area (Å²) in [4.78, 5) is 26.3. The van der Waals surface area contributed by atoms with Gasteiger partial charge in [-0.2, -0.15) is 13.2 Å². The number of esters is 1. The predicted molar refractivity (Wildman–Crippen MR) is 133 cm³/mol. The standard InChI is InChI=1S/C29H28F3NO4/c1-18(34)33(24-15-20-6-4-5-7-21(20)16-24)17-22-14-23(29(30,31)32)9-10-25(22)26-12-19(13-28(35)37-3)8-11-27(26)36-2/h4-12,14,24H,13,15-17H2,1-3H3. The molecule has 0 spiro atoms. The molecule has 3 aromatic carbocycles. The summed E-state index contributed by atoms with van der Waals surface area (Å²) in [5.74, 6) is -0.211. The van der Waals surface area contributed by atoms with Gasteiger partial charge in [-0.3, -0.25) is 9.59 Å². The highest BCUT2D eigenvalue weighted by atomic mass is 19.4. The van der Waals surface area contributed by atoms with Crippen LogP contribution >= 0.6 is 0 Å². The van der Waals surface area contributed by atoms with Crippen LogP contribution < -0.4 is 4.74 Å². The first-order valence-electron chi connectivity index (χ1n) is 11.9. The van der Waals surface area contributed by atoms with E-state index in [0.717, 1.165) is 23.3 Å². The maximum atomic E-state index is 13.7. The summed E-state index contributed by atoms with van der Waals surface area (Å²) in [5.41, 5.74) is 3.48. The van der Waals surface area contributed by atoms with E-state index >= 15 is 0 Å². The van der Waals surface area contributed by atoms with Crippen LogP contribution in [0.4, 0.5) is 13.2 Å². The van der Waals surface area contributed by atoms with Gasteiger partial charge in [0.25, 0.3) is 0 Å². The van der Waals surface area contributed by atoms with Gasteiger partial charge >= 0.3 is 12.1 Å². The van der Waals surface area contributed by atoms with Crippen LogP contribution in [0.3, 0.4) is 0 Å². The summed E-state index contributed by atoms with van der Waals surface area (Å²) < 4.78 is 51.4. The largest absolute Gasteiger partial charge is 0.496 e. The summed E-state index contributed by atoms with van der Waals surface area (Å²) in [6.07, 6.45) is -3.26. The second-order valence-corrected chi connectivity index (χ2v) is 9.13. The zero-order chi connectivity index (χ0) is 26.7. The van der Waals surface area contributed by atoms with E-state index in [1.807, 2.05) is 24.3 Å². The molecule has 0 saturated carbocycles. The van der Waals surface area contributed by atoms with Gasteiger partial charge in [-0.1, -0.05) is 36.4 Å². The third-order valence-electron chi connectivity index (χ3n) is 6.78. The minimum atomic E-state index is -4.55. The Hall–Kier alpha value is -3.81. The molecule has 194 valence electrons. The van der Waals surface area contributed by atoms with Gasteiger partial charge in [0, 0.05) is 25.1 Å². The Morgan fingerprint density at radius 1 is 0.946 bits per heavy atom. The van der Waals surface area contributed by atoms with E-state index in [1.54, 1.807) is 23.1 Å². The van der Waals surface area contributed by atoms with E-state index in [9.17, 15) is 22.8 Å². The van der Waals surface area contributed by atoms with E-state index in [0.29, 0.717) is 40.8 Å². The average molecular weight is 512 g/mol. The molecule has 0 fully saturated rings. The summed E-state index contributed by atoms with van der Waals surface area (Å²) in [6, 6.07) is 16.4. The molecule has 0 radical (unpaired) electrons. The second-order valence-electron chi connectivity index (χ2n) is 9.13. The molecular weight excluding hydrogens is 483 g/mol. The van der Waals surface area contributed by atoms with Gasteiger partial charge in [0.1, 0.15) is 5.75 Å². The predicted octanol–water partition coefficient (Wildman–Crippen LogP) is 5.61. The zero-order valence-corrected chi connectivity index (χ0v) is 20.9. The molecule has 4 rings (SSSR count). The van der Waals surface area contributed by atoms with Crippen molar-refractivity contribution in [2.75, 3.05) is 14.2 Å². The first kappa shape index (κ1) is 26.3. The topological polar surface area (TPSA) is 55.8 Å². The third kappa shape index (κ3) is 5.79. The number of alkyl halides is 3. The SMILES string of the molecule is COC(=O)Cc1ccc(OC)c(-c2ccc(C(F)(F)F)cc2CN(C(C)=O)C2Cc3ccccc3C2)c1. The van der Waals surface area contributed by atoms with Crippen LogP contribution in [-0.4, -0.2) is 37.0 Å². The molecule has 1 amide bonds. The van der Waals surface area contributed by atoms with Crippen molar-refractivity contribution in [2.45, 2.75) is 44.9 Å². The number of fused-ring (bicyclic) bond motifs is 1. The lowest BCUT2D eigenvalue weighted by Crippen LogP contribution is -2.39. The van der Waals surface area contributed by atoms with Crippen LogP contribution in [0, 0.1) is 0 Å². The van der Waals surface area contributed by atoms with Gasteiger partial charge < -0.3 is 14.4 Å². The van der Waals surface area contributed by atoms with Gasteiger partial charge in [0.2, 0.25) is 5.91 Å². The van der Waals surface area contributed by atoms with E-state index in [2.05, 4.69) is 0 Å². The molecule has 5 nitrogen and oxygen atoms in total. The number of methoxy groups -OCH3 is 2. The van der Waals surface area contributed by atoms with Crippen LogP contribution in [0.25, 0.3) is 11.1 Å². The van der Waals surface area contributed by atoms with Crippen molar-refractivity contribution in [3.63, 3.8) is 0 Å². The lowest BCUT2D eigenvalue weighted by molar-refractivity contribution is -0.140. The van der Waals surface area contributed by atoms with Gasteiger partial charge in [-0.25, -0.2) is 0 Å². The molecule has 0 aliphatic heterocycles. The second kappa shape index (κ2) is 10.7. The van der Waals surface area contributed by atoms with Crippen LogP contribution in [0.5, 0.6) is 5.75 Å². The molecule has 3 aromatic rings. The van der Waals surface area contributed by atoms with Gasteiger partial charge in [0.05, 0.1) is 26.2 Å². The number of rotatable bonds is 7. The minimum Gasteiger partial charge on any atom is -0.496 e. The lowest BCUT2D eigenvalue weighted by atomic mass is 9.93. The maximum absolute atomic E-state index is 13.7. The number of hydrogen-bond donors (Lipinski definition) is 0. The Morgan fingerprint density at radius 2 is 1.62 bits per heavy atom. The van der Waals surface area contributed by atoms with Crippen molar-refractivity contribution >= 4 is 11.9 Å². The van der Waals surface area contributed by atoms with Gasteiger partial charge in [0.15, 0.2) is 0 Å². The van der Waals surface area contributed by atoms with Crippen molar-refractivity contribution in [1.82, 2.24) is 4.90 Å². The number of nitrogens with zero attached hydrogens (tertiary/aromatic N) is 1. The minimum absolute atomic E-state index is 0.00236. The Balaban J connectivity index is 1.78. The van der Waals surface area contributed by atoms with Crippen LogP contribution in [0.1, 0.15) is 34.7 Å². The number of carbonyl (C=O) groups excluding carboxylic acids is 2. The Morgan fingerprint density at radius 3 is 2.19 bits per heavy atom. The zero-order valence-electron chi connectivity index (χ0n) is 20.9. The van der Waals surface area contributed by atoms with E-state index in [-0.39, 0.29) is 24.9 Å². The quantitative estimate of drug-likeness (QED) is 0.387. The lowest BCUT2D eigenvalue weighted by Gasteiger charge is -2.29. The molecular formula is C29H28F3NO4. The van der Waals surface area contributed by atoms with Crippen molar-refractivity contribution in [3.05, 3.63) is 88.5 Å². The normalized spacial score (nSPS) is 13.2. The molecule has 1 aliphatic carbocycles. The fraction of sp³-hybridized carbons (Fsp3) is 0.310. The number of halogens is 3. The highest BCUT2D eigenvalue weighted by Gasteiger charge is 2.33. The van der Waals surface area contributed by atoms with E-state index in [1.165, 1.54) is 27.2 Å². The monoisotopic (exact) mass is 511 g/mol. The van der Waals surface area contributed by atoms with Crippen LogP contribution in [0.2, 0.25) is 0 Å². The van der Waals surface area contributed by atoms with Crippen molar-refractivity contribution in [2.24, 2.45) is 0 Å². The first-order chi connectivity index (χ1) is 17.6. The van der Waals surface area contributed by atoms with Gasteiger partial charge in [-0.05, 0) is 64.9 Å². The average Bonchev–Trinajstić information content (AvgIpc) is 3.30. The maximum Gasteiger partial charge on any atom is 0.416 e. The fourth-order valence-electron chi connectivity index (χ4n) is 4.92. The van der Waals surface area contributed by atoms with Crippen LogP contribution in [0.15, 0.2) is 60.7 Å². The Bertz CT molecular complexity index is 1290.